The van der Waals surface area contributed by atoms with Crippen molar-refractivity contribution in [2.45, 2.75) is 50.7 Å². The van der Waals surface area contributed by atoms with Gasteiger partial charge in [0.05, 0.1) is 20.6 Å². The first-order chi connectivity index (χ1) is 18.4. The number of carbonyl (C=O) groups excluding carboxylic acids is 2. The van der Waals surface area contributed by atoms with Crippen LogP contribution in [0.2, 0.25) is 15.1 Å². The van der Waals surface area contributed by atoms with Crippen molar-refractivity contribution in [3.63, 3.8) is 0 Å². The molecule has 0 aliphatic heterocycles. The monoisotopic (exact) mass is 609 g/mol. The summed E-state index contributed by atoms with van der Waals surface area (Å²) in [6.07, 6.45) is 0.705. The maximum Gasteiger partial charge on any atom is 0.264 e. The van der Waals surface area contributed by atoms with E-state index in [0.717, 1.165) is 4.31 Å². The molecular weight excluding hydrogens is 581 g/mol. The Labute approximate surface area is 244 Å². The number of anilines is 1. The Balaban J connectivity index is 2.06. The Kier molecular flexibility index (Phi) is 10.7. The summed E-state index contributed by atoms with van der Waals surface area (Å²) in [5.74, 6) is -0.977. The number of hydrogen-bond acceptors (Lipinski definition) is 4. The summed E-state index contributed by atoms with van der Waals surface area (Å²) in [4.78, 5) is 28.3. The second kappa shape index (κ2) is 13.5. The average molecular weight is 611 g/mol. The van der Waals surface area contributed by atoms with Gasteiger partial charge in [0, 0.05) is 17.6 Å². The molecule has 7 nitrogen and oxygen atoms in total. The van der Waals surface area contributed by atoms with Crippen LogP contribution in [0.3, 0.4) is 0 Å². The first-order valence-corrected chi connectivity index (χ1v) is 14.9. The molecule has 11 heteroatoms. The van der Waals surface area contributed by atoms with Crippen molar-refractivity contribution in [3.05, 3.63) is 93.4 Å². The summed E-state index contributed by atoms with van der Waals surface area (Å²) in [7, 11) is -4.25. The molecule has 0 radical (unpaired) electrons. The standard InChI is InChI=1S/C28H30Cl3N3O4S/c1-4-19(2)32-28(36)20(3)33(17-21-10-8-11-22(29)16-21)26(35)18-34(25-15-9-14-24(30)27(25)31)39(37,38)23-12-6-5-7-13-23/h5-16,19-20H,4,17-18H2,1-3H3,(H,32,36)/t19-,20-/m1/s1. The lowest BCUT2D eigenvalue weighted by Gasteiger charge is -2.32. The third kappa shape index (κ3) is 7.66. The highest BCUT2D eigenvalue weighted by atomic mass is 35.5. The number of amides is 2. The Morgan fingerprint density at radius 1 is 0.923 bits per heavy atom. The van der Waals surface area contributed by atoms with Crippen molar-refractivity contribution in [1.29, 1.82) is 0 Å². The van der Waals surface area contributed by atoms with E-state index in [4.69, 9.17) is 34.8 Å². The zero-order chi connectivity index (χ0) is 28.7. The van der Waals surface area contributed by atoms with Crippen LogP contribution in [0.1, 0.15) is 32.8 Å². The van der Waals surface area contributed by atoms with Crippen LogP contribution in [0.4, 0.5) is 5.69 Å². The fourth-order valence-electron chi connectivity index (χ4n) is 3.80. The van der Waals surface area contributed by atoms with Crippen molar-refractivity contribution in [2.75, 3.05) is 10.8 Å². The van der Waals surface area contributed by atoms with Gasteiger partial charge < -0.3 is 10.2 Å². The lowest BCUT2D eigenvalue weighted by atomic mass is 10.1. The van der Waals surface area contributed by atoms with Crippen LogP contribution < -0.4 is 9.62 Å². The molecule has 0 spiro atoms. The molecule has 3 rings (SSSR count). The van der Waals surface area contributed by atoms with Crippen molar-refractivity contribution in [1.82, 2.24) is 10.2 Å². The molecule has 0 fully saturated rings. The quantitative estimate of drug-likeness (QED) is 0.281. The van der Waals surface area contributed by atoms with Crippen LogP contribution >= 0.6 is 34.8 Å². The number of hydrogen-bond donors (Lipinski definition) is 1. The summed E-state index contributed by atoms with van der Waals surface area (Å²) < 4.78 is 28.5. The average Bonchev–Trinajstić information content (AvgIpc) is 2.92. The summed E-state index contributed by atoms with van der Waals surface area (Å²) in [6.45, 7) is 4.80. The highest BCUT2D eigenvalue weighted by Crippen LogP contribution is 2.35. The van der Waals surface area contributed by atoms with Crippen LogP contribution in [-0.2, 0) is 26.2 Å². The van der Waals surface area contributed by atoms with Gasteiger partial charge in [-0.2, -0.15) is 0 Å². The summed E-state index contributed by atoms with van der Waals surface area (Å²) in [5.41, 5.74) is 0.720. The first kappa shape index (κ1) is 30.8. The maximum atomic E-state index is 13.9. The van der Waals surface area contributed by atoms with Crippen LogP contribution in [0.25, 0.3) is 0 Å². The minimum Gasteiger partial charge on any atom is -0.352 e. The van der Waals surface area contributed by atoms with E-state index in [1.807, 2.05) is 13.8 Å². The predicted octanol–water partition coefficient (Wildman–Crippen LogP) is 6.17. The summed E-state index contributed by atoms with van der Waals surface area (Å²) >= 11 is 18.8. The molecule has 0 heterocycles. The van der Waals surface area contributed by atoms with Gasteiger partial charge in [0.2, 0.25) is 11.8 Å². The number of sulfonamides is 1. The van der Waals surface area contributed by atoms with E-state index in [-0.39, 0.29) is 39.1 Å². The summed E-state index contributed by atoms with van der Waals surface area (Å²) in [5, 5.41) is 3.47. The van der Waals surface area contributed by atoms with Crippen molar-refractivity contribution in [3.8, 4) is 0 Å². The molecule has 0 saturated heterocycles. The van der Waals surface area contributed by atoms with E-state index in [9.17, 15) is 18.0 Å². The van der Waals surface area contributed by atoms with Crippen LogP contribution in [0, 0.1) is 0 Å². The molecule has 0 unspecified atom stereocenters. The minimum absolute atomic E-state index is 0.0181. The lowest BCUT2D eigenvalue weighted by Crippen LogP contribution is -2.52. The number of rotatable bonds is 11. The zero-order valence-electron chi connectivity index (χ0n) is 21.8. The highest BCUT2D eigenvalue weighted by molar-refractivity contribution is 7.92. The molecule has 0 bridgehead atoms. The topological polar surface area (TPSA) is 86.8 Å². The molecule has 0 aromatic heterocycles. The molecular formula is C28H30Cl3N3O4S. The number of nitrogens with zero attached hydrogens (tertiary/aromatic N) is 2. The van der Waals surface area contributed by atoms with Gasteiger partial charge in [-0.25, -0.2) is 8.42 Å². The SMILES string of the molecule is CC[C@@H](C)NC(=O)[C@@H](C)N(Cc1cccc(Cl)c1)C(=O)CN(c1cccc(Cl)c1Cl)S(=O)(=O)c1ccccc1. The van der Waals surface area contributed by atoms with Crippen molar-refractivity contribution < 1.29 is 18.0 Å². The molecule has 2 atom stereocenters. The molecule has 2 amide bonds. The van der Waals surface area contributed by atoms with E-state index < -0.39 is 28.5 Å². The second-order valence-corrected chi connectivity index (χ2v) is 12.1. The zero-order valence-corrected chi connectivity index (χ0v) is 24.9. The van der Waals surface area contributed by atoms with Gasteiger partial charge in [-0.15, -0.1) is 0 Å². The largest absolute Gasteiger partial charge is 0.352 e. The van der Waals surface area contributed by atoms with Gasteiger partial charge in [0.25, 0.3) is 10.0 Å². The lowest BCUT2D eigenvalue weighted by molar-refractivity contribution is -0.139. The number of carbonyl (C=O) groups is 2. The van der Waals surface area contributed by atoms with E-state index >= 15 is 0 Å². The fourth-order valence-corrected chi connectivity index (χ4v) is 5.91. The van der Waals surface area contributed by atoms with E-state index in [1.54, 1.807) is 55.5 Å². The Bertz CT molecular complexity index is 1420. The molecule has 3 aromatic carbocycles. The Morgan fingerprint density at radius 2 is 1.59 bits per heavy atom. The van der Waals surface area contributed by atoms with Crippen LogP contribution in [-0.4, -0.2) is 43.8 Å². The molecule has 0 aliphatic rings. The molecule has 0 aliphatic carbocycles. The number of halogens is 3. The smallest absolute Gasteiger partial charge is 0.264 e. The third-order valence-electron chi connectivity index (χ3n) is 6.22. The van der Waals surface area contributed by atoms with Gasteiger partial charge in [-0.3, -0.25) is 13.9 Å². The molecule has 3 aromatic rings. The first-order valence-electron chi connectivity index (χ1n) is 12.3. The van der Waals surface area contributed by atoms with Crippen LogP contribution in [0.5, 0.6) is 0 Å². The predicted molar refractivity (Wildman–Crippen MR) is 157 cm³/mol. The van der Waals surface area contributed by atoms with Gasteiger partial charge in [-0.1, -0.05) is 78.1 Å². The van der Waals surface area contributed by atoms with Gasteiger partial charge in [0.1, 0.15) is 12.6 Å². The van der Waals surface area contributed by atoms with E-state index in [2.05, 4.69) is 5.32 Å². The van der Waals surface area contributed by atoms with Crippen molar-refractivity contribution in [2.24, 2.45) is 0 Å². The number of benzene rings is 3. The Hall–Kier alpha value is -2.78. The highest BCUT2D eigenvalue weighted by Gasteiger charge is 2.33. The normalized spacial score (nSPS) is 12.9. The Morgan fingerprint density at radius 3 is 2.23 bits per heavy atom. The van der Waals surface area contributed by atoms with Gasteiger partial charge >= 0.3 is 0 Å². The van der Waals surface area contributed by atoms with E-state index in [1.165, 1.54) is 29.2 Å². The minimum atomic E-state index is -4.25. The van der Waals surface area contributed by atoms with Gasteiger partial charge in [-0.05, 0) is 62.2 Å². The van der Waals surface area contributed by atoms with Crippen LogP contribution in [0.15, 0.2) is 77.7 Å². The number of nitrogens with one attached hydrogen (secondary N) is 1. The van der Waals surface area contributed by atoms with Crippen molar-refractivity contribution >= 4 is 62.3 Å². The molecule has 1 N–H and O–H groups in total. The molecule has 208 valence electrons. The summed E-state index contributed by atoms with van der Waals surface area (Å²) in [6, 6.07) is 18.1. The van der Waals surface area contributed by atoms with E-state index in [0.29, 0.717) is 17.0 Å². The molecule has 39 heavy (non-hydrogen) atoms. The van der Waals surface area contributed by atoms with Gasteiger partial charge in [0.15, 0.2) is 0 Å². The second-order valence-electron chi connectivity index (χ2n) is 9.04. The maximum absolute atomic E-state index is 13.9. The molecule has 0 saturated carbocycles. The fraction of sp³-hybridized carbons (Fsp3) is 0.286. The third-order valence-corrected chi connectivity index (χ3v) is 9.04.